The lowest BCUT2D eigenvalue weighted by Gasteiger charge is -2.34. The van der Waals surface area contributed by atoms with Crippen molar-refractivity contribution >= 4 is 37.6 Å². The number of nitrogens with zero attached hydrogens (tertiary/aromatic N) is 2. The van der Waals surface area contributed by atoms with Crippen molar-refractivity contribution in [3.8, 4) is 11.5 Å². The number of ether oxygens (including phenoxy) is 2. The summed E-state index contributed by atoms with van der Waals surface area (Å²) >= 11 is 6.60. The first-order valence-corrected chi connectivity index (χ1v) is 19.6. The average molecular weight is 637 g/mol. The molecule has 1 fully saturated rings. The van der Waals surface area contributed by atoms with Crippen LogP contribution in [-0.2, 0) is 19.1 Å². The first kappa shape index (κ1) is 33.6. The Morgan fingerprint density at radius 3 is 2.41 bits per heavy atom. The van der Waals surface area contributed by atoms with E-state index in [4.69, 9.17) is 21.1 Å². The molecule has 2 heterocycles. The van der Waals surface area contributed by atoms with E-state index >= 15 is 0 Å². The summed E-state index contributed by atoms with van der Waals surface area (Å²) in [5, 5.41) is 0.618. The van der Waals surface area contributed by atoms with Crippen LogP contribution in [0.5, 0.6) is 0 Å². The Bertz CT molecular complexity index is 1420. The predicted molar refractivity (Wildman–Crippen MR) is 176 cm³/mol. The van der Waals surface area contributed by atoms with Gasteiger partial charge in [-0.25, -0.2) is 4.79 Å². The van der Waals surface area contributed by atoms with Gasteiger partial charge in [0.25, 0.3) is 0 Å². The molecule has 2 aliphatic heterocycles. The van der Waals surface area contributed by atoms with Crippen LogP contribution in [0.3, 0.4) is 0 Å². The van der Waals surface area contributed by atoms with Gasteiger partial charge in [0, 0.05) is 49.0 Å². The predicted octanol–water partition coefficient (Wildman–Crippen LogP) is 6.84. The lowest BCUT2D eigenvalue weighted by Crippen LogP contribution is -2.48. The van der Waals surface area contributed by atoms with Gasteiger partial charge in [-0.1, -0.05) is 75.3 Å². The van der Waals surface area contributed by atoms with Crippen LogP contribution in [0.1, 0.15) is 74.1 Å². The van der Waals surface area contributed by atoms with E-state index in [0.29, 0.717) is 43.9 Å². The molecule has 236 valence electrons. The molecule has 0 N–H and O–H groups in total. The molecule has 2 aromatic rings. The molecule has 0 spiro atoms. The van der Waals surface area contributed by atoms with Gasteiger partial charge in [-0.3, -0.25) is 9.59 Å². The Balaban J connectivity index is 1.67. The average Bonchev–Trinajstić information content (AvgIpc) is 3.06. The maximum atomic E-state index is 14.3. The highest BCUT2D eigenvalue weighted by molar-refractivity contribution is 6.83. The van der Waals surface area contributed by atoms with Crippen LogP contribution in [0.25, 0.3) is 0 Å². The van der Waals surface area contributed by atoms with Crippen LogP contribution < -0.4 is 0 Å². The molecule has 9 heteroatoms. The second-order valence-corrected chi connectivity index (χ2v) is 18.4. The number of halogens is 1. The highest BCUT2D eigenvalue weighted by Gasteiger charge is 2.38. The standard InChI is InChI=1S/C35H45ClN2O5Si/c1-7-42-35(41)43-27-14-17-37(18-15-27)33(39)23-38-22-32(28-11-9-8-10-25(28)16-19-44(4,5)6)30-21-26(36)12-13-29(30)31(34(38)40)20-24(2)3/h8-13,21,24,27,31-32H,7,14-15,17-18,20,22-23H2,1-6H3. The van der Waals surface area contributed by atoms with Crippen molar-refractivity contribution in [1.82, 2.24) is 9.80 Å². The number of hydrogen-bond acceptors (Lipinski definition) is 5. The summed E-state index contributed by atoms with van der Waals surface area (Å²) in [6.07, 6.45) is 0.766. The minimum absolute atomic E-state index is 0.0161. The Morgan fingerprint density at radius 2 is 1.75 bits per heavy atom. The summed E-state index contributed by atoms with van der Waals surface area (Å²) in [7, 11) is -1.65. The summed E-state index contributed by atoms with van der Waals surface area (Å²) in [6.45, 7) is 14.1. The summed E-state index contributed by atoms with van der Waals surface area (Å²) in [6, 6.07) is 14.0. The lowest BCUT2D eigenvalue weighted by molar-refractivity contribution is -0.142. The van der Waals surface area contributed by atoms with Gasteiger partial charge in [0.15, 0.2) is 0 Å². The molecule has 4 rings (SSSR count). The number of piperidine rings is 1. The zero-order valence-corrected chi connectivity index (χ0v) is 28.6. The van der Waals surface area contributed by atoms with Gasteiger partial charge in [0.2, 0.25) is 11.8 Å². The molecular weight excluding hydrogens is 592 g/mol. The second-order valence-electron chi connectivity index (χ2n) is 13.2. The fourth-order valence-corrected chi connectivity index (χ4v) is 6.67. The van der Waals surface area contributed by atoms with Gasteiger partial charge < -0.3 is 19.3 Å². The molecule has 44 heavy (non-hydrogen) atoms. The van der Waals surface area contributed by atoms with Crippen LogP contribution in [-0.4, -0.2) is 74.7 Å². The molecule has 2 atom stereocenters. The van der Waals surface area contributed by atoms with E-state index in [1.807, 2.05) is 36.4 Å². The van der Waals surface area contributed by atoms with Crippen LogP contribution >= 0.6 is 11.6 Å². The van der Waals surface area contributed by atoms with Gasteiger partial charge >= 0.3 is 6.16 Å². The van der Waals surface area contributed by atoms with Gasteiger partial charge in [0.05, 0.1) is 19.1 Å². The van der Waals surface area contributed by atoms with E-state index in [0.717, 1.165) is 22.3 Å². The van der Waals surface area contributed by atoms with E-state index in [1.165, 1.54) is 0 Å². The van der Waals surface area contributed by atoms with Crippen LogP contribution in [0, 0.1) is 17.4 Å². The van der Waals surface area contributed by atoms with Gasteiger partial charge in [0.1, 0.15) is 14.2 Å². The first-order valence-electron chi connectivity index (χ1n) is 15.7. The Morgan fingerprint density at radius 1 is 1.05 bits per heavy atom. The van der Waals surface area contributed by atoms with E-state index < -0.39 is 14.2 Å². The van der Waals surface area contributed by atoms with Crippen molar-refractivity contribution in [2.45, 2.75) is 77.6 Å². The molecule has 0 saturated carbocycles. The zero-order valence-electron chi connectivity index (χ0n) is 26.8. The topological polar surface area (TPSA) is 76.2 Å². The maximum absolute atomic E-state index is 14.3. The van der Waals surface area contributed by atoms with Crippen LogP contribution in [0.2, 0.25) is 24.7 Å². The molecule has 0 radical (unpaired) electrons. The Kier molecular flexibility index (Phi) is 11.2. The molecule has 2 aromatic carbocycles. The number of rotatable bonds is 7. The summed E-state index contributed by atoms with van der Waals surface area (Å²) < 4.78 is 10.3. The molecule has 0 aliphatic carbocycles. The van der Waals surface area contributed by atoms with Gasteiger partial charge in [-0.05, 0) is 54.2 Å². The van der Waals surface area contributed by atoms with Crippen molar-refractivity contribution in [3.63, 3.8) is 0 Å². The minimum Gasteiger partial charge on any atom is -0.435 e. The minimum atomic E-state index is -1.65. The van der Waals surface area contributed by atoms with Crippen molar-refractivity contribution < 1.29 is 23.9 Å². The maximum Gasteiger partial charge on any atom is 0.508 e. The highest BCUT2D eigenvalue weighted by atomic mass is 35.5. The van der Waals surface area contributed by atoms with Crippen molar-refractivity contribution in [3.05, 3.63) is 69.7 Å². The molecule has 7 nitrogen and oxygen atoms in total. The number of hydrogen-bond donors (Lipinski definition) is 0. The van der Waals surface area contributed by atoms with Crippen LogP contribution in [0.4, 0.5) is 4.79 Å². The summed E-state index contributed by atoms with van der Waals surface area (Å²) in [4.78, 5) is 43.3. The van der Waals surface area contributed by atoms with Crippen molar-refractivity contribution in [1.29, 1.82) is 0 Å². The fourth-order valence-electron chi connectivity index (χ4n) is 5.98. The van der Waals surface area contributed by atoms with Crippen LogP contribution in [0.15, 0.2) is 42.5 Å². The summed E-state index contributed by atoms with van der Waals surface area (Å²) in [5.41, 5.74) is 7.47. The van der Waals surface area contributed by atoms with E-state index in [1.54, 1.807) is 16.7 Å². The van der Waals surface area contributed by atoms with E-state index in [9.17, 15) is 14.4 Å². The lowest BCUT2D eigenvalue weighted by atomic mass is 9.81. The number of amides is 2. The normalized spacial score (nSPS) is 19.1. The number of benzene rings is 2. The van der Waals surface area contributed by atoms with Gasteiger partial charge in [-0.2, -0.15) is 0 Å². The molecule has 2 amide bonds. The molecule has 2 unspecified atom stereocenters. The van der Waals surface area contributed by atoms with E-state index in [2.05, 4.69) is 51.0 Å². The first-order chi connectivity index (χ1) is 20.9. The monoisotopic (exact) mass is 636 g/mol. The third-order valence-electron chi connectivity index (χ3n) is 8.07. The fraction of sp³-hybridized carbons (Fsp3) is 0.514. The smallest absolute Gasteiger partial charge is 0.435 e. The number of carbonyl (C=O) groups is 3. The van der Waals surface area contributed by atoms with E-state index in [-0.39, 0.29) is 48.8 Å². The number of fused-ring (bicyclic) bond motifs is 1. The summed E-state index contributed by atoms with van der Waals surface area (Å²) in [5.74, 6) is 3.00. The SMILES string of the molecule is CCOC(=O)OC1CCN(C(=O)CN2CC(c3ccccc3C#C[Si](C)(C)C)c3cc(Cl)ccc3C(CC(C)C)C2=O)CC1. The molecular formula is C35H45ClN2O5Si. The molecule has 1 saturated heterocycles. The number of carbonyl (C=O) groups excluding carboxylic acids is 3. The largest absolute Gasteiger partial charge is 0.508 e. The van der Waals surface area contributed by atoms with Gasteiger partial charge in [-0.15, -0.1) is 5.54 Å². The van der Waals surface area contributed by atoms with Crippen molar-refractivity contribution in [2.75, 3.05) is 32.8 Å². The Labute approximate surface area is 268 Å². The number of likely N-dealkylation sites (tertiary alicyclic amines) is 1. The molecule has 0 aromatic heterocycles. The third-order valence-corrected chi connectivity index (χ3v) is 9.18. The quantitative estimate of drug-likeness (QED) is 0.189. The second kappa shape index (κ2) is 14.7. The van der Waals surface area contributed by atoms with Crippen molar-refractivity contribution in [2.24, 2.45) is 5.92 Å². The molecule has 2 aliphatic rings. The zero-order chi connectivity index (χ0) is 32.0. The third kappa shape index (κ3) is 8.67. The highest BCUT2D eigenvalue weighted by Crippen LogP contribution is 2.41. The Hall–Kier alpha value is -3.28. The molecule has 0 bridgehead atoms.